The van der Waals surface area contributed by atoms with Crippen LogP contribution >= 0.6 is 0 Å². The van der Waals surface area contributed by atoms with Crippen LogP contribution in [0.2, 0.25) is 0 Å². The molecule has 0 atom stereocenters. The van der Waals surface area contributed by atoms with Crippen molar-refractivity contribution in [3.63, 3.8) is 0 Å². The molecule has 0 aliphatic carbocycles. The van der Waals surface area contributed by atoms with Crippen LogP contribution in [-0.2, 0) is 0 Å². The molecule has 0 saturated heterocycles. The minimum Gasteiger partial charge on any atom is -0.255 e. The molecule has 2 aromatic heterocycles. The number of nitrogens with zero attached hydrogens (tertiary/aromatic N) is 2. The molecule has 0 unspecified atom stereocenters. The van der Waals surface area contributed by atoms with Crippen LogP contribution < -0.4 is 0 Å². The molecule has 14 heavy (non-hydrogen) atoms. The summed E-state index contributed by atoms with van der Waals surface area (Å²) in [6, 6.07) is 12.7. The second-order valence-corrected chi connectivity index (χ2v) is 3.14. The molecular weight excluding hydrogens is 172 g/mol. The van der Waals surface area contributed by atoms with E-state index in [0.29, 0.717) is 0 Å². The monoisotopic (exact) mass is 179 g/mol. The number of rotatable bonds is 0. The largest absolute Gasteiger partial charge is 0.255 e. The quantitative estimate of drug-likeness (QED) is 0.496. The molecule has 65 valence electrons. The van der Waals surface area contributed by atoms with Crippen LogP contribution in [0.25, 0.3) is 21.8 Å². The van der Waals surface area contributed by atoms with Gasteiger partial charge in [-0.3, -0.25) is 9.97 Å². The molecule has 0 fully saturated rings. The molecule has 0 amide bonds. The first kappa shape index (κ1) is 7.44. The zero-order chi connectivity index (χ0) is 9.38. The molecule has 0 aliphatic rings. The van der Waals surface area contributed by atoms with Gasteiger partial charge >= 0.3 is 0 Å². The summed E-state index contributed by atoms with van der Waals surface area (Å²) in [5.74, 6) is 0. The van der Waals surface area contributed by atoms with E-state index >= 15 is 0 Å². The molecular formula is C12H7N2. The third-order valence-corrected chi connectivity index (χ3v) is 2.28. The second kappa shape index (κ2) is 2.77. The summed E-state index contributed by atoms with van der Waals surface area (Å²) in [5, 5.41) is 2.16. The van der Waals surface area contributed by atoms with Gasteiger partial charge in [0.05, 0.1) is 11.0 Å². The van der Waals surface area contributed by atoms with Crippen molar-refractivity contribution in [2.75, 3.05) is 0 Å². The number of hydrogen-bond donors (Lipinski definition) is 0. The van der Waals surface area contributed by atoms with Crippen molar-refractivity contribution in [3.05, 3.63) is 48.8 Å². The predicted octanol–water partition coefficient (Wildman–Crippen LogP) is 2.58. The number of pyridine rings is 2. The Morgan fingerprint density at radius 3 is 3.14 bits per heavy atom. The van der Waals surface area contributed by atoms with E-state index in [1.807, 2.05) is 36.5 Å². The average molecular weight is 179 g/mol. The highest BCUT2D eigenvalue weighted by molar-refractivity contribution is 6.02. The molecule has 2 heterocycles. The van der Waals surface area contributed by atoms with Crippen LogP contribution in [0, 0.1) is 6.07 Å². The maximum Gasteiger partial charge on any atom is 0.0811 e. The molecule has 0 N–H and O–H groups in total. The predicted molar refractivity (Wildman–Crippen MR) is 55.9 cm³/mol. The van der Waals surface area contributed by atoms with E-state index < -0.39 is 0 Å². The van der Waals surface area contributed by atoms with Gasteiger partial charge in [0.15, 0.2) is 0 Å². The van der Waals surface area contributed by atoms with Crippen molar-refractivity contribution in [3.8, 4) is 0 Å². The van der Waals surface area contributed by atoms with E-state index in [0.717, 1.165) is 21.8 Å². The Hall–Kier alpha value is -1.96. The fraction of sp³-hybridized carbons (Fsp3) is 0. The van der Waals surface area contributed by atoms with Gasteiger partial charge in [0.25, 0.3) is 0 Å². The van der Waals surface area contributed by atoms with Gasteiger partial charge in [0.2, 0.25) is 0 Å². The molecule has 0 spiro atoms. The van der Waals surface area contributed by atoms with Crippen LogP contribution in [0.1, 0.15) is 0 Å². The van der Waals surface area contributed by atoms with Crippen molar-refractivity contribution >= 4 is 21.8 Å². The summed E-state index contributed by atoms with van der Waals surface area (Å²) >= 11 is 0. The highest BCUT2D eigenvalue weighted by Crippen LogP contribution is 2.20. The lowest BCUT2D eigenvalue weighted by Crippen LogP contribution is -1.83. The lowest BCUT2D eigenvalue weighted by Gasteiger charge is -2.00. The standard InChI is InChI=1S/C12H7N2/c1-2-6-11-10(5-1)12-9(8-14-11)4-3-7-13-12/h1,3-8H. The van der Waals surface area contributed by atoms with E-state index in [9.17, 15) is 0 Å². The summed E-state index contributed by atoms with van der Waals surface area (Å²) in [5.41, 5.74) is 1.95. The zero-order valence-corrected chi connectivity index (χ0v) is 7.44. The number of fused-ring (bicyclic) bond motifs is 3. The van der Waals surface area contributed by atoms with Crippen LogP contribution in [0.4, 0.5) is 0 Å². The van der Waals surface area contributed by atoms with Crippen LogP contribution in [-0.4, -0.2) is 9.97 Å². The van der Waals surface area contributed by atoms with Crippen LogP contribution in [0.5, 0.6) is 0 Å². The molecule has 0 aliphatic heterocycles. The highest BCUT2D eigenvalue weighted by atomic mass is 14.7. The molecule has 0 saturated carbocycles. The van der Waals surface area contributed by atoms with Gasteiger partial charge in [0.1, 0.15) is 0 Å². The third-order valence-electron chi connectivity index (χ3n) is 2.28. The molecule has 2 heteroatoms. The van der Waals surface area contributed by atoms with Gasteiger partial charge in [-0.1, -0.05) is 6.07 Å². The Morgan fingerprint density at radius 2 is 2.14 bits per heavy atom. The van der Waals surface area contributed by atoms with Gasteiger partial charge in [-0.25, -0.2) is 0 Å². The Labute approximate surface area is 81.2 Å². The Kier molecular flexibility index (Phi) is 1.47. The lowest BCUT2D eigenvalue weighted by molar-refractivity contribution is 1.38. The average Bonchev–Trinajstić information content (AvgIpc) is 2.29. The summed E-state index contributed by atoms with van der Waals surface area (Å²) in [4.78, 5) is 8.69. The Morgan fingerprint density at radius 1 is 1.14 bits per heavy atom. The van der Waals surface area contributed by atoms with Crippen LogP contribution in [0.3, 0.4) is 0 Å². The molecule has 0 bridgehead atoms. The van der Waals surface area contributed by atoms with E-state index in [-0.39, 0.29) is 0 Å². The maximum atomic E-state index is 4.36. The van der Waals surface area contributed by atoms with Crippen molar-refractivity contribution in [1.29, 1.82) is 0 Å². The topological polar surface area (TPSA) is 25.8 Å². The van der Waals surface area contributed by atoms with Gasteiger partial charge in [-0.15, -0.1) is 0 Å². The highest BCUT2D eigenvalue weighted by Gasteiger charge is 2.00. The fourth-order valence-electron chi connectivity index (χ4n) is 1.61. The number of hydrogen-bond acceptors (Lipinski definition) is 2. The zero-order valence-electron chi connectivity index (χ0n) is 7.44. The number of benzene rings is 1. The summed E-state index contributed by atoms with van der Waals surface area (Å²) < 4.78 is 0. The van der Waals surface area contributed by atoms with Crippen molar-refractivity contribution in [2.45, 2.75) is 0 Å². The molecule has 3 aromatic rings. The molecule has 2 nitrogen and oxygen atoms in total. The normalized spacial score (nSPS) is 10.9. The minimum absolute atomic E-state index is 0.943. The summed E-state index contributed by atoms with van der Waals surface area (Å²) in [6.07, 6.45) is 3.65. The molecule has 1 aromatic carbocycles. The second-order valence-electron chi connectivity index (χ2n) is 3.14. The molecule has 3 rings (SSSR count). The van der Waals surface area contributed by atoms with Crippen LogP contribution in [0.15, 0.2) is 42.7 Å². The summed E-state index contributed by atoms with van der Waals surface area (Å²) in [7, 11) is 0. The SMILES string of the molecule is [c]1ccc2c(c1)ncc1cccnc12. The summed E-state index contributed by atoms with van der Waals surface area (Å²) in [6.45, 7) is 0. The van der Waals surface area contributed by atoms with E-state index in [1.54, 1.807) is 6.20 Å². The van der Waals surface area contributed by atoms with E-state index in [4.69, 9.17) is 0 Å². The first-order chi connectivity index (χ1) is 6.95. The minimum atomic E-state index is 0.943. The Balaban J connectivity index is 2.61. The molecule has 1 radical (unpaired) electrons. The maximum absolute atomic E-state index is 4.36. The third kappa shape index (κ3) is 0.973. The van der Waals surface area contributed by atoms with Crippen molar-refractivity contribution < 1.29 is 0 Å². The first-order valence-electron chi connectivity index (χ1n) is 4.45. The first-order valence-corrected chi connectivity index (χ1v) is 4.45. The van der Waals surface area contributed by atoms with Crippen molar-refractivity contribution in [1.82, 2.24) is 9.97 Å². The number of aromatic nitrogens is 2. The van der Waals surface area contributed by atoms with Gasteiger partial charge in [-0.2, -0.15) is 0 Å². The van der Waals surface area contributed by atoms with Gasteiger partial charge < -0.3 is 0 Å². The lowest BCUT2D eigenvalue weighted by atomic mass is 10.1. The van der Waals surface area contributed by atoms with E-state index in [1.165, 1.54) is 0 Å². The smallest absolute Gasteiger partial charge is 0.0811 e. The Bertz CT molecular complexity index is 547. The fourth-order valence-corrected chi connectivity index (χ4v) is 1.61. The van der Waals surface area contributed by atoms with Crippen molar-refractivity contribution in [2.24, 2.45) is 0 Å². The van der Waals surface area contributed by atoms with E-state index in [2.05, 4.69) is 16.0 Å². The van der Waals surface area contributed by atoms with Gasteiger partial charge in [0, 0.05) is 23.2 Å². The van der Waals surface area contributed by atoms with Gasteiger partial charge in [-0.05, 0) is 30.3 Å².